The number of halogens is 1. The highest BCUT2D eigenvalue weighted by Gasteiger charge is 2.19. The van der Waals surface area contributed by atoms with Crippen LogP contribution in [-0.4, -0.2) is 46.1 Å². The summed E-state index contributed by atoms with van der Waals surface area (Å²) >= 11 is 1.37. The maximum absolute atomic E-state index is 12.5. The Morgan fingerprint density at radius 3 is 2.90 bits per heavy atom. The third kappa shape index (κ3) is 4.75. The van der Waals surface area contributed by atoms with Crippen LogP contribution in [0.2, 0.25) is 0 Å². The van der Waals surface area contributed by atoms with Gasteiger partial charge in [0.2, 0.25) is 0 Å². The Kier molecular flexibility index (Phi) is 6.83. The zero-order valence-electron chi connectivity index (χ0n) is 16.2. The van der Waals surface area contributed by atoms with E-state index in [1.54, 1.807) is 18.0 Å². The molecule has 3 aromatic rings. The minimum atomic E-state index is -0.308. The highest BCUT2D eigenvalue weighted by Crippen LogP contribution is 2.33. The standard InChI is InChI=1S/C19H22N6O2S.ClH/c1-12-3-4-17(27-2)14(9-12)16-11-28-19(21-16)22-18(26)15-10-25(24-23-15)13-5-7-20-8-6-13;/h3-4,9-11,13,20H,5-8H2,1-2H3,(H,21,22,26);1H. The largest absolute Gasteiger partial charge is 0.496 e. The fourth-order valence-corrected chi connectivity index (χ4v) is 3.97. The third-order valence-corrected chi connectivity index (χ3v) is 5.54. The lowest BCUT2D eigenvalue weighted by Gasteiger charge is -2.21. The van der Waals surface area contributed by atoms with E-state index in [0.717, 1.165) is 48.5 Å². The molecule has 1 aliphatic heterocycles. The normalized spacial score (nSPS) is 14.3. The maximum Gasteiger partial charge on any atom is 0.279 e. The molecule has 4 rings (SSSR count). The number of thiazole rings is 1. The molecule has 10 heteroatoms. The summed E-state index contributed by atoms with van der Waals surface area (Å²) in [6.07, 6.45) is 3.68. The first-order chi connectivity index (χ1) is 13.6. The molecule has 1 aliphatic rings. The molecule has 2 aromatic heterocycles. The Hall–Kier alpha value is -2.49. The van der Waals surface area contributed by atoms with E-state index >= 15 is 0 Å². The van der Waals surface area contributed by atoms with Crippen LogP contribution in [0.4, 0.5) is 5.13 Å². The van der Waals surface area contributed by atoms with Crippen LogP contribution in [0.5, 0.6) is 5.75 Å². The van der Waals surface area contributed by atoms with Gasteiger partial charge in [-0.05, 0) is 45.0 Å². The summed E-state index contributed by atoms with van der Waals surface area (Å²) in [5, 5.41) is 16.7. The molecule has 0 spiro atoms. The summed E-state index contributed by atoms with van der Waals surface area (Å²) in [5.74, 6) is 0.441. The molecule has 29 heavy (non-hydrogen) atoms. The Labute approximate surface area is 179 Å². The number of piperidine rings is 1. The minimum absolute atomic E-state index is 0. The summed E-state index contributed by atoms with van der Waals surface area (Å²) in [7, 11) is 1.63. The molecular formula is C19H23ClN6O2S. The third-order valence-electron chi connectivity index (χ3n) is 4.78. The fourth-order valence-electron chi connectivity index (χ4n) is 3.27. The zero-order chi connectivity index (χ0) is 19.5. The van der Waals surface area contributed by atoms with Gasteiger partial charge < -0.3 is 10.1 Å². The fraction of sp³-hybridized carbons (Fsp3) is 0.368. The first-order valence-corrected chi connectivity index (χ1v) is 10.1. The van der Waals surface area contributed by atoms with Crippen LogP contribution in [0.1, 0.15) is 34.9 Å². The molecule has 1 amide bonds. The van der Waals surface area contributed by atoms with E-state index in [0.29, 0.717) is 10.8 Å². The van der Waals surface area contributed by atoms with E-state index in [2.05, 4.69) is 25.9 Å². The molecule has 3 heterocycles. The summed E-state index contributed by atoms with van der Waals surface area (Å²) in [6, 6.07) is 6.21. The number of nitrogens with one attached hydrogen (secondary N) is 2. The number of methoxy groups -OCH3 is 1. The number of nitrogens with zero attached hydrogens (tertiary/aromatic N) is 4. The van der Waals surface area contributed by atoms with Gasteiger partial charge in [0.25, 0.3) is 5.91 Å². The molecule has 0 aliphatic carbocycles. The molecule has 2 N–H and O–H groups in total. The van der Waals surface area contributed by atoms with Gasteiger partial charge in [0.1, 0.15) is 5.75 Å². The number of benzene rings is 1. The van der Waals surface area contributed by atoms with Crippen molar-refractivity contribution >= 4 is 34.8 Å². The van der Waals surface area contributed by atoms with Crippen LogP contribution in [-0.2, 0) is 0 Å². The Morgan fingerprint density at radius 2 is 2.14 bits per heavy atom. The number of hydrogen-bond donors (Lipinski definition) is 2. The molecular weight excluding hydrogens is 412 g/mol. The Bertz CT molecular complexity index is 983. The van der Waals surface area contributed by atoms with Crippen LogP contribution >= 0.6 is 23.7 Å². The number of amides is 1. The predicted molar refractivity (Wildman–Crippen MR) is 115 cm³/mol. The van der Waals surface area contributed by atoms with Gasteiger partial charge in [0, 0.05) is 10.9 Å². The lowest BCUT2D eigenvalue weighted by Crippen LogP contribution is -2.29. The summed E-state index contributed by atoms with van der Waals surface area (Å²) in [4.78, 5) is 17.1. The van der Waals surface area contributed by atoms with Gasteiger partial charge in [-0.1, -0.05) is 16.8 Å². The van der Waals surface area contributed by atoms with Crippen molar-refractivity contribution in [3.8, 4) is 17.0 Å². The predicted octanol–water partition coefficient (Wildman–Crippen LogP) is 3.32. The first-order valence-electron chi connectivity index (χ1n) is 9.18. The van der Waals surface area contributed by atoms with Crippen molar-refractivity contribution in [1.82, 2.24) is 25.3 Å². The van der Waals surface area contributed by atoms with Gasteiger partial charge >= 0.3 is 0 Å². The molecule has 154 valence electrons. The number of hydrogen-bond acceptors (Lipinski definition) is 7. The summed E-state index contributed by atoms with van der Waals surface area (Å²) in [5.41, 5.74) is 3.07. The van der Waals surface area contributed by atoms with Gasteiger partial charge in [0.15, 0.2) is 10.8 Å². The zero-order valence-corrected chi connectivity index (χ0v) is 17.8. The molecule has 1 fully saturated rings. The van der Waals surface area contributed by atoms with Crippen molar-refractivity contribution in [3.05, 3.63) is 41.0 Å². The van der Waals surface area contributed by atoms with Crippen molar-refractivity contribution in [3.63, 3.8) is 0 Å². The smallest absolute Gasteiger partial charge is 0.279 e. The minimum Gasteiger partial charge on any atom is -0.496 e. The molecule has 0 saturated carbocycles. The van der Waals surface area contributed by atoms with Crippen LogP contribution in [0.25, 0.3) is 11.3 Å². The maximum atomic E-state index is 12.5. The molecule has 0 bridgehead atoms. The second-order valence-corrected chi connectivity index (χ2v) is 7.62. The number of ether oxygens (including phenoxy) is 1. The highest BCUT2D eigenvalue weighted by atomic mass is 35.5. The monoisotopic (exact) mass is 434 g/mol. The van der Waals surface area contributed by atoms with Crippen LogP contribution in [0, 0.1) is 6.92 Å². The Morgan fingerprint density at radius 1 is 1.34 bits per heavy atom. The van der Waals surface area contributed by atoms with Crippen molar-refractivity contribution in [2.45, 2.75) is 25.8 Å². The van der Waals surface area contributed by atoms with Gasteiger partial charge in [-0.15, -0.1) is 28.8 Å². The van der Waals surface area contributed by atoms with Gasteiger partial charge in [0.05, 0.1) is 25.0 Å². The summed E-state index contributed by atoms with van der Waals surface area (Å²) in [6.45, 7) is 3.93. The number of carbonyl (C=O) groups is 1. The first kappa shape index (κ1) is 21.2. The van der Waals surface area contributed by atoms with Gasteiger partial charge in [-0.3, -0.25) is 10.1 Å². The molecule has 0 atom stereocenters. The van der Waals surface area contributed by atoms with E-state index in [4.69, 9.17) is 4.74 Å². The molecule has 0 unspecified atom stereocenters. The second-order valence-electron chi connectivity index (χ2n) is 6.76. The number of rotatable bonds is 5. The van der Waals surface area contributed by atoms with E-state index < -0.39 is 0 Å². The van der Waals surface area contributed by atoms with Gasteiger partial charge in [-0.2, -0.15) is 0 Å². The number of carbonyl (C=O) groups excluding carboxylic acids is 1. The van der Waals surface area contributed by atoms with Crippen molar-refractivity contribution in [1.29, 1.82) is 0 Å². The average molecular weight is 435 g/mol. The number of aryl methyl sites for hydroxylation is 1. The molecule has 1 saturated heterocycles. The van der Waals surface area contributed by atoms with Gasteiger partial charge in [-0.25, -0.2) is 9.67 Å². The van der Waals surface area contributed by atoms with E-state index in [9.17, 15) is 4.79 Å². The SMILES string of the molecule is COc1ccc(C)cc1-c1csc(NC(=O)c2cn(C3CCNCC3)nn2)n1.Cl. The lowest BCUT2D eigenvalue weighted by atomic mass is 10.1. The topological polar surface area (TPSA) is 94.0 Å². The van der Waals surface area contributed by atoms with Crippen LogP contribution in [0.3, 0.4) is 0 Å². The number of aromatic nitrogens is 4. The molecule has 8 nitrogen and oxygen atoms in total. The van der Waals surface area contributed by atoms with Crippen molar-refractivity contribution < 1.29 is 9.53 Å². The van der Waals surface area contributed by atoms with Crippen LogP contribution < -0.4 is 15.4 Å². The molecule has 0 radical (unpaired) electrons. The number of anilines is 1. The quantitative estimate of drug-likeness (QED) is 0.639. The van der Waals surface area contributed by atoms with E-state index in [-0.39, 0.29) is 24.4 Å². The van der Waals surface area contributed by atoms with E-state index in [1.165, 1.54) is 11.3 Å². The summed E-state index contributed by atoms with van der Waals surface area (Å²) < 4.78 is 7.22. The average Bonchev–Trinajstić information content (AvgIpc) is 3.38. The van der Waals surface area contributed by atoms with E-state index in [1.807, 2.05) is 30.5 Å². The van der Waals surface area contributed by atoms with Crippen molar-refractivity contribution in [2.24, 2.45) is 0 Å². The molecule has 1 aromatic carbocycles. The van der Waals surface area contributed by atoms with Crippen LogP contribution in [0.15, 0.2) is 29.8 Å². The van der Waals surface area contributed by atoms with Crippen molar-refractivity contribution in [2.75, 3.05) is 25.5 Å². The lowest BCUT2D eigenvalue weighted by molar-refractivity contribution is 0.102. The highest BCUT2D eigenvalue weighted by molar-refractivity contribution is 7.14. The second kappa shape index (κ2) is 9.34. The Balaban J connectivity index is 0.00000240.